The number of nitrogens with one attached hydrogen (secondary N) is 2. The first-order valence-electron chi connectivity index (χ1n) is 7.30. The second-order valence-corrected chi connectivity index (χ2v) is 6.67. The predicted molar refractivity (Wildman–Crippen MR) is 86.0 cm³/mol. The lowest BCUT2D eigenvalue weighted by Gasteiger charge is -2.23. The second kappa shape index (κ2) is 6.59. The zero-order valence-corrected chi connectivity index (χ0v) is 14.2. The summed E-state index contributed by atoms with van der Waals surface area (Å²) >= 11 is 0. The Morgan fingerprint density at radius 2 is 2.15 bits per heavy atom. The maximum atomic E-state index is 12.0. The Hall–Kier alpha value is -2.06. The molecule has 1 saturated heterocycles. The van der Waals surface area contributed by atoms with E-state index in [1.54, 1.807) is 0 Å². The third-order valence-electron chi connectivity index (χ3n) is 3.80. The van der Waals surface area contributed by atoms with E-state index < -0.39 is 44.5 Å². The average Bonchev–Trinajstić information content (AvgIpc) is 3.04. The van der Waals surface area contributed by atoms with Crippen LogP contribution in [-0.2, 0) is 13.8 Å². The largest absolute Gasteiger partial charge is 0.470 e. The van der Waals surface area contributed by atoms with E-state index in [1.165, 1.54) is 11.6 Å². The van der Waals surface area contributed by atoms with Crippen LogP contribution in [0.5, 0.6) is 0 Å². The molecule has 3 heterocycles. The van der Waals surface area contributed by atoms with Crippen LogP contribution in [0.15, 0.2) is 4.79 Å². The fourth-order valence-electron chi connectivity index (χ4n) is 2.77. The highest BCUT2D eigenvalue weighted by Crippen LogP contribution is 2.45. The van der Waals surface area contributed by atoms with Crippen LogP contribution in [0.4, 0.5) is 11.9 Å². The summed E-state index contributed by atoms with van der Waals surface area (Å²) in [7, 11) is -3.55. The van der Waals surface area contributed by atoms with Crippen LogP contribution in [0.2, 0.25) is 0 Å². The summed E-state index contributed by atoms with van der Waals surface area (Å²) in [4.78, 5) is 40.6. The van der Waals surface area contributed by atoms with E-state index in [-0.39, 0.29) is 23.1 Å². The highest BCUT2D eigenvalue weighted by molar-refractivity contribution is 7.46. The molecule has 26 heavy (non-hydrogen) atoms. The minimum Gasteiger partial charge on any atom is -0.394 e. The molecule has 14 nitrogen and oxygen atoms in total. The van der Waals surface area contributed by atoms with Gasteiger partial charge in [-0.05, 0) is 0 Å². The van der Waals surface area contributed by atoms with Crippen molar-refractivity contribution in [2.24, 2.45) is 0 Å². The molecular formula is C11H17N6O8P. The minimum atomic E-state index is -5.02. The molecule has 1 aliphatic heterocycles. The molecule has 1 fully saturated rings. The molecule has 0 spiro atoms. The summed E-state index contributed by atoms with van der Waals surface area (Å²) in [5.74, 6) is -0.185. The second-order valence-electron chi connectivity index (χ2n) is 5.48. The number of aromatic amines is 1. The van der Waals surface area contributed by atoms with Gasteiger partial charge in [-0.15, -0.1) is 0 Å². The molecule has 0 bridgehead atoms. The zero-order valence-electron chi connectivity index (χ0n) is 13.3. The van der Waals surface area contributed by atoms with E-state index in [1.807, 2.05) is 0 Å². The zero-order chi connectivity index (χ0) is 19.2. The summed E-state index contributed by atoms with van der Waals surface area (Å²) in [5.41, 5.74) is 4.71. The van der Waals surface area contributed by atoms with Gasteiger partial charge in [0.2, 0.25) is 11.9 Å². The Kier molecular flexibility index (Phi) is 4.74. The van der Waals surface area contributed by atoms with Crippen molar-refractivity contribution in [3.8, 4) is 0 Å². The number of hydrogen-bond acceptors (Lipinski definition) is 10. The molecule has 4 atom stereocenters. The molecule has 1 aliphatic rings. The number of phosphoric ester groups is 1. The van der Waals surface area contributed by atoms with Crippen molar-refractivity contribution in [1.29, 1.82) is 0 Å². The fraction of sp³-hybridized carbons (Fsp3) is 0.545. The molecule has 3 rings (SSSR count). The molecule has 144 valence electrons. The van der Waals surface area contributed by atoms with Crippen LogP contribution in [0, 0.1) is 0 Å². The molecule has 0 radical (unpaired) electrons. The van der Waals surface area contributed by atoms with Gasteiger partial charge in [0.25, 0.3) is 5.56 Å². The van der Waals surface area contributed by atoms with Gasteiger partial charge >= 0.3 is 7.82 Å². The number of nitrogen functional groups attached to an aromatic ring is 1. The van der Waals surface area contributed by atoms with Crippen molar-refractivity contribution in [2.45, 2.75) is 24.5 Å². The van der Waals surface area contributed by atoms with Crippen LogP contribution in [0.3, 0.4) is 0 Å². The summed E-state index contributed by atoms with van der Waals surface area (Å²) in [5, 5.41) is 22.2. The average molecular weight is 392 g/mol. The SMILES string of the molecule is CNc1nc2c(=O)[nH]c(N)nc2n1[C@@H]1O[C@H](CO)[C@@H](O)[C@H]1OP(=O)(O)O. The van der Waals surface area contributed by atoms with Crippen LogP contribution in [0.1, 0.15) is 6.23 Å². The molecular weight excluding hydrogens is 375 g/mol. The Balaban J connectivity index is 2.19. The number of ether oxygens (including phenoxy) is 1. The number of aliphatic hydroxyl groups excluding tert-OH is 2. The Morgan fingerprint density at radius 1 is 1.46 bits per heavy atom. The summed E-state index contributed by atoms with van der Waals surface area (Å²) in [6.07, 6.45) is -5.71. The van der Waals surface area contributed by atoms with Crippen molar-refractivity contribution in [1.82, 2.24) is 19.5 Å². The van der Waals surface area contributed by atoms with Gasteiger partial charge in [0.05, 0.1) is 6.61 Å². The number of nitrogens with two attached hydrogens (primary N) is 1. The van der Waals surface area contributed by atoms with Crippen molar-refractivity contribution in [3.05, 3.63) is 10.4 Å². The van der Waals surface area contributed by atoms with E-state index in [0.29, 0.717) is 0 Å². The topological polar surface area (TPSA) is 218 Å². The van der Waals surface area contributed by atoms with Gasteiger partial charge < -0.3 is 35.8 Å². The van der Waals surface area contributed by atoms with Crippen LogP contribution < -0.4 is 16.6 Å². The van der Waals surface area contributed by atoms with Crippen molar-refractivity contribution < 1.29 is 33.8 Å². The lowest BCUT2D eigenvalue weighted by Crippen LogP contribution is -2.35. The fourth-order valence-corrected chi connectivity index (χ4v) is 3.31. The third-order valence-corrected chi connectivity index (χ3v) is 4.32. The highest BCUT2D eigenvalue weighted by atomic mass is 31.2. The first kappa shape index (κ1) is 18.7. The number of aromatic nitrogens is 4. The number of nitrogens with zero attached hydrogens (tertiary/aromatic N) is 3. The third kappa shape index (κ3) is 3.19. The Bertz CT molecular complexity index is 923. The van der Waals surface area contributed by atoms with E-state index in [0.717, 1.165) is 0 Å². The van der Waals surface area contributed by atoms with Crippen molar-refractivity contribution in [3.63, 3.8) is 0 Å². The molecule has 2 aromatic heterocycles. The Morgan fingerprint density at radius 3 is 2.73 bits per heavy atom. The quantitative estimate of drug-likeness (QED) is 0.262. The molecule has 0 amide bonds. The number of aliphatic hydroxyl groups is 2. The monoisotopic (exact) mass is 392 g/mol. The van der Waals surface area contributed by atoms with Gasteiger partial charge in [-0.25, -0.2) is 9.55 Å². The summed E-state index contributed by atoms with van der Waals surface area (Å²) in [6, 6.07) is 0. The standard InChI is InChI=1S/C11H17N6O8P/c1-13-11-14-4-7(15-10(12)16-8(4)20)17(11)9-6(25-26(21,22)23)5(19)3(2-18)24-9/h3,5-6,9,18-19H,2H2,1H3,(H,13,14)(H2,21,22,23)(H3,12,15,16,20)/t3-,5-,6-,9-/m1/s1. The summed E-state index contributed by atoms with van der Waals surface area (Å²) in [6.45, 7) is -0.643. The lowest BCUT2D eigenvalue weighted by atomic mass is 10.1. The van der Waals surface area contributed by atoms with E-state index in [2.05, 4.69) is 24.8 Å². The predicted octanol–water partition coefficient (Wildman–Crippen LogP) is -2.53. The first-order valence-corrected chi connectivity index (χ1v) is 8.83. The summed E-state index contributed by atoms with van der Waals surface area (Å²) < 4.78 is 22.6. The van der Waals surface area contributed by atoms with Gasteiger partial charge in [-0.3, -0.25) is 18.9 Å². The molecule has 15 heteroatoms. The number of imidazole rings is 1. The maximum Gasteiger partial charge on any atom is 0.470 e. The normalized spacial score (nSPS) is 26.5. The number of phosphoric acid groups is 1. The number of anilines is 2. The van der Waals surface area contributed by atoms with Crippen LogP contribution >= 0.6 is 7.82 Å². The molecule has 0 unspecified atom stereocenters. The lowest BCUT2D eigenvalue weighted by molar-refractivity contribution is -0.0496. The molecule has 0 saturated carbocycles. The number of hydrogen-bond donors (Lipinski definition) is 7. The number of fused-ring (bicyclic) bond motifs is 1. The Labute approximate surface area is 144 Å². The van der Waals surface area contributed by atoms with Gasteiger partial charge in [0, 0.05) is 7.05 Å². The van der Waals surface area contributed by atoms with E-state index >= 15 is 0 Å². The highest BCUT2D eigenvalue weighted by Gasteiger charge is 2.49. The molecule has 2 aromatic rings. The van der Waals surface area contributed by atoms with Crippen LogP contribution in [-0.4, -0.2) is 71.5 Å². The van der Waals surface area contributed by atoms with Gasteiger partial charge in [0.15, 0.2) is 17.4 Å². The number of H-pyrrole nitrogens is 1. The first-order chi connectivity index (χ1) is 12.2. The smallest absolute Gasteiger partial charge is 0.394 e. The maximum absolute atomic E-state index is 12.0. The van der Waals surface area contributed by atoms with Gasteiger partial charge in [-0.2, -0.15) is 4.98 Å². The van der Waals surface area contributed by atoms with Gasteiger partial charge in [0.1, 0.15) is 18.3 Å². The molecule has 8 N–H and O–H groups in total. The minimum absolute atomic E-state index is 0.0405. The number of rotatable bonds is 5. The van der Waals surface area contributed by atoms with E-state index in [4.69, 9.17) is 20.3 Å². The van der Waals surface area contributed by atoms with E-state index in [9.17, 15) is 19.6 Å². The van der Waals surface area contributed by atoms with Crippen molar-refractivity contribution in [2.75, 3.05) is 24.7 Å². The van der Waals surface area contributed by atoms with Crippen molar-refractivity contribution >= 4 is 30.9 Å². The molecule has 0 aliphatic carbocycles. The van der Waals surface area contributed by atoms with Crippen LogP contribution in [0.25, 0.3) is 11.2 Å². The molecule has 0 aromatic carbocycles. The van der Waals surface area contributed by atoms with Gasteiger partial charge in [-0.1, -0.05) is 0 Å².